The minimum atomic E-state index is -0.331. The molecule has 6 rings (SSSR count). The lowest BCUT2D eigenvalue weighted by Gasteiger charge is -2.25. The molecule has 2 fully saturated rings. The average molecular weight is 416 g/mol. The zero-order valence-corrected chi connectivity index (χ0v) is 17.4. The van der Waals surface area contributed by atoms with Gasteiger partial charge in [-0.15, -0.1) is 0 Å². The van der Waals surface area contributed by atoms with Gasteiger partial charge in [0.15, 0.2) is 5.65 Å². The number of nitrogens with zero attached hydrogens (tertiary/aromatic N) is 5. The first-order chi connectivity index (χ1) is 15.2. The summed E-state index contributed by atoms with van der Waals surface area (Å²) in [6, 6.07) is 12.0. The summed E-state index contributed by atoms with van der Waals surface area (Å²) >= 11 is 0. The average Bonchev–Trinajstić information content (AvgIpc) is 3.58. The summed E-state index contributed by atoms with van der Waals surface area (Å²) in [5, 5.41) is 5.61. The Labute approximate surface area is 179 Å². The highest BCUT2D eigenvalue weighted by molar-refractivity contribution is 5.88. The summed E-state index contributed by atoms with van der Waals surface area (Å²) in [5.74, 6) is 1.74. The number of fused-ring (bicyclic) bond motifs is 2. The summed E-state index contributed by atoms with van der Waals surface area (Å²) in [6.45, 7) is 2.95. The molecule has 1 spiro atoms. The van der Waals surface area contributed by atoms with Crippen molar-refractivity contribution in [2.24, 2.45) is 5.41 Å². The molecule has 0 saturated carbocycles. The predicted molar refractivity (Wildman–Crippen MR) is 117 cm³/mol. The van der Waals surface area contributed by atoms with E-state index in [2.05, 4.69) is 32.1 Å². The molecule has 0 aliphatic carbocycles. The van der Waals surface area contributed by atoms with E-state index >= 15 is 0 Å². The van der Waals surface area contributed by atoms with Crippen LogP contribution in [0.5, 0.6) is 5.88 Å². The third-order valence-corrected chi connectivity index (χ3v) is 6.84. The van der Waals surface area contributed by atoms with Gasteiger partial charge in [-0.05, 0) is 24.5 Å². The van der Waals surface area contributed by atoms with Crippen molar-refractivity contribution < 1.29 is 9.53 Å². The molecule has 2 aliphatic rings. The van der Waals surface area contributed by atoms with Crippen molar-refractivity contribution in [3.63, 3.8) is 0 Å². The van der Waals surface area contributed by atoms with Crippen LogP contribution in [0.2, 0.25) is 0 Å². The van der Waals surface area contributed by atoms with Crippen molar-refractivity contribution in [3.05, 3.63) is 54.4 Å². The van der Waals surface area contributed by atoms with Gasteiger partial charge in [0.1, 0.15) is 5.82 Å². The van der Waals surface area contributed by atoms with Crippen LogP contribution in [-0.2, 0) is 11.3 Å². The molecular weight excluding hydrogens is 392 g/mol. The molecule has 1 amide bonds. The highest BCUT2D eigenvalue weighted by Gasteiger charge is 2.51. The van der Waals surface area contributed by atoms with Crippen LogP contribution in [-0.4, -0.2) is 57.1 Å². The monoisotopic (exact) mass is 416 g/mol. The van der Waals surface area contributed by atoms with Crippen LogP contribution in [0.1, 0.15) is 18.4 Å². The molecular formula is C23H24N6O2. The molecule has 2 saturated heterocycles. The lowest BCUT2D eigenvalue weighted by molar-refractivity contribution is -0.135. The number of benzene rings is 1. The zero-order chi connectivity index (χ0) is 21.0. The van der Waals surface area contributed by atoms with Gasteiger partial charge in [0, 0.05) is 55.4 Å². The Kier molecular flexibility index (Phi) is 3.96. The molecule has 1 aromatic carbocycles. The smallest absolute Gasteiger partial charge is 0.231 e. The van der Waals surface area contributed by atoms with Crippen LogP contribution in [0.15, 0.2) is 48.8 Å². The number of hydrogen-bond donors (Lipinski definition) is 1. The van der Waals surface area contributed by atoms with E-state index in [1.165, 1.54) is 10.9 Å². The first-order valence-corrected chi connectivity index (χ1v) is 10.6. The Morgan fingerprint density at radius 2 is 2.06 bits per heavy atom. The van der Waals surface area contributed by atoms with Gasteiger partial charge < -0.3 is 19.5 Å². The molecule has 5 heterocycles. The van der Waals surface area contributed by atoms with Crippen molar-refractivity contribution in [2.45, 2.75) is 19.4 Å². The molecule has 158 valence electrons. The third-order valence-electron chi connectivity index (χ3n) is 6.84. The molecule has 1 N–H and O–H groups in total. The second-order valence-electron chi connectivity index (χ2n) is 8.55. The van der Waals surface area contributed by atoms with Crippen LogP contribution in [0, 0.1) is 5.41 Å². The topological polar surface area (TPSA) is 78.8 Å². The fraction of sp³-hybridized carbons (Fsp3) is 0.348. The molecule has 3 aromatic heterocycles. The number of amides is 1. The maximum absolute atomic E-state index is 13.5. The number of para-hydroxylation sites is 1. The maximum Gasteiger partial charge on any atom is 0.231 e. The van der Waals surface area contributed by atoms with Crippen molar-refractivity contribution in [3.8, 4) is 5.88 Å². The van der Waals surface area contributed by atoms with E-state index in [0.717, 1.165) is 42.9 Å². The number of carbonyl (C=O) groups excluding carboxylic acids is 1. The lowest BCUT2D eigenvalue weighted by atomic mass is 9.85. The first kappa shape index (κ1) is 18.2. The van der Waals surface area contributed by atoms with Crippen molar-refractivity contribution in [1.29, 1.82) is 0 Å². The van der Waals surface area contributed by atoms with Crippen LogP contribution in [0.3, 0.4) is 0 Å². The Balaban J connectivity index is 1.25. The molecule has 1 atom stereocenters. The first-order valence-electron chi connectivity index (χ1n) is 10.6. The lowest BCUT2D eigenvalue weighted by Crippen LogP contribution is -2.37. The zero-order valence-electron chi connectivity index (χ0n) is 17.4. The number of aromatic amines is 1. The van der Waals surface area contributed by atoms with Crippen molar-refractivity contribution >= 4 is 28.3 Å². The minimum absolute atomic E-state index is 0.262. The molecule has 2 aliphatic heterocycles. The Morgan fingerprint density at radius 3 is 2.97 bits per heavy atom. The summed E-state index contributed by atoms with van der Waals surface area (Å²) in [4.78, 5) is 25.6. The molecule has 31 heavy (non-hydrogen) atoms. The number of H-pyrrole nitrogens is 1. The fourth-order valence-electron chi connectivity index (χ4n) is 5.16. The number of carbonyl (C=O) groups is 1. The van der Waals surface area contributed by atoms with E-state index in [-0.39, 0.29) is 11.3 Å². The van der Waals surface area contributed by atoms with Gasteiger partial charge in [0.25, 0.3) is 0 Å². The number of ether oxygens (including phenoxy) is 1. The number of likely N-dealkylation sites (tertiary alicyclic amines) is 1. The fourth-order valence-corrected chi connectivity index (χ4v) is 5.16. The summed E-state index contributed by atoms with van der Waals surface area (Å²) in [7, 11) is 1.62. The quantitative estimate of drug-likeness (QED) is 0.554. The normalized spacial score (nSPS) is 21.3. The van der Waals surface area contributed by atoms with Gasteiger partial charge in [0.2, 0.25) is 11.8 Å². The van der Waals surface area contributed by atoms with Crippen LogP contribution < -0.4 is 9.64 Å². The molecule has 8 nitrogen and oxygen atoms in total. The maximum atomic E-state index is 13.5. The molecule has 0 bridgehead atoms. The number of methoxy groups -OCH3 is 1. The minimum Gasteiger partial charge on any atom is -0.481 e. The van der Waals surface area contributed by atoms with Crippen LogP contribution >= 0.6 is 0 Å². The number of anilines is 1. The Bertz CT molecular complexity index is 1290. The number of nitrogens with one attached hydrogen (secondary N) is 1. The number of hydrogen-bond acceptors (Lipinski definition) is 5. The van der Waals surface area contributed by atoms with Gasteiger partial charge in [-0.3, -0.25) is 4.79 Å². The summed E-state index contributed by atoms with van der Waals surface area (Å²) in [6.07, 6.45) is 5.50. The van der Waals surface area contributed by atoms with E-state index in [9.17, 15) is 4.79 Å². The SMILES string of the molecule is COc1cc(N2CCC3(CCN(Cc4c[nH]c5ccccc45)C3=O)C2)n2nccc2n1. The van der Waals surface area contributed by atoms with E-state index in [1.54, 1.807) is 13.3 Å². The van der Waals surface area contributed by atoms with Gasteiger partial charge in [-0.25, -0.2) is 0 Å². The van der Waals surface area contributed by atoms with Crippen molar-refractivity contribution in [2.75, 3.05) is 31.6 Å². The van der Waals surface area contributed by atoms with E-state index in [1.807, 2.05) is 39.9 Å². The summed E-state index contributed by atoms with van der Waals surface area (Å²) in [5.41, 5.74) is 2.70. The Hall–Kier alpha value is -3.55. The number of rotatable bonds is 4. The van der Waals surface area contributed by atoms with Gasteiger partial charge in [0.05, 0.1) is 18.7 Å². The molecule has 1 unspecified atom stereocenters. The van der Waals surface area contributed by atoms with Gasteiger partial charge in [-0.1, -0.05) is 18.2 Å². The van der Waals surface area contributed by atoms with Gasteiger partial charge >= 0.3 is 0 Å². The van der Waals surface area contributed by atoms with E-state index < -0.39 is 0 Å². The van der Waals surface area contributed by atoms with E-state index in [0.29, 0.717) is 19.0 Å². The Morgan fingerprint density at radius 1 is 1.19 bits per heavy atom. The van der Waals surface area contributed by atoms with E-state index in [4.69, 9.17) is 4.74 Å². The highest BCUT2D eigenvalue weighted by Crippen LogP contribution is 2.43. The highest BCUT2D eigenvalue weighted by atomic mass is 16.5. The summed E-state index contributed by atoms with van der Waals surface area (Å²) < 4.78 is 7.21. The molecule has 8 heteroatoms. The van der Waals surface area contributed by atoms with Crippen molar-refractivity contribution in [1.82, 2.24) is 24.5 Å². The molecule has 4 aromatic rings. The largest absolute Gasteiger partial charge is 0.481 e. The second kappa shape index (κ2) is 6.73. The predicted octanol–water partition coefficient (Wildman–Crippen LogP) is 2.85. The van der Waals surface area contributed by atoms with Crippen LogP contribution in [0.4, 0.5) is 5.82 Å². The third kappa shape index (κ3) is 2.78. The standard InChI is InChI=1S/C23H24N6O2/c1-31-20-12-21(29-19(26-20)6-9-25-29)28-11-8-23(15-28)7-10-27(22(23)30)14-16-13-24-18-5-3-2-4-17(16)18/h2-6,9,12-13,24H,7-8,10-11,14-15H2,1H3. The molecule has 0 radical (unpaired) electrons. The number of aromatic nitrogens is 4. The van der Waals surface area contributed by atoms with Gasteiger partial charge in [-0.2, -0.15) is 14.6 Å². The van der Waals surface area contributed by atoms with Crippen LogP contribution in [0.25, 0.3) is 16.6 Å². The second-order valence-corrected chi connectivity index (χ2v) is 8.55.